The molecule has 0 radical (unpaired) electrons. The van der Waals surface area contributed by atoms with E-state index in [4.69, 9.17) is 4.74 Å². The number of anilines is 1. The van der Waals surface area contributed by atoms with Crippen LogP contribution in [-0.2, 0) is 16.1 Å². The lowest BCUT2D eigenvalue weighted by Gasteiger charge is -2.20. The molecule has 1 unspecified atom stereocenters. The van der Waals surface area contributed by atoms with E-state index in [1.165, 1.54) is 0 Å². The Balaban J connectivity index is 1.45. The minimum atomic E-state index is -0.394. The Morgan fingerprint density at radius 2 is 1.76 bits per heavy atom. The van der Waals surface area contributed by atoms with Crippen LogP contribution in [0.25, 0.3) is 0 Å². The van der Waals surface area contributed by atoms with Crippen LogP contribution in [0.3, 0.4) is 0 Å². The molecule has 1 aliphatic rings. The Kier molecular flexibility index (Phi) is 5.52. The first kappa shape index (κ1) is 18.7. The Hall–Kier alpha value is -3.67. The highest BCUT2D eigenvalue weighted by Gasteiger charge is 2.36. The number of ether oxygens (including phenoxy) is 1. The highest BCUT2D eigenvalue weighted by molar-refractivity contribution is 6.01. The molecule has 0 aliphatic carbocycles. The SMILES string of the molecule is O=C(NCc1ccncc1)C1CC(=O)N(c2ccccc2Oc2ccccc2)C1. The maximum Gasteiger partial charge on any atom is 0.227 e. The number of amides is 2. The second-order valence-electron chi connectivity index (χ2n) is 6.86. The largest absolute Gasteiger partial charge is 0.455 e. The lowest BCUT2D eigenvalue weighted by molar-refractivity contribution is -0.126. The number of benzene rings is 2. The van der Waals surface area contributed by atoms with E-state index >= 15 is 0 Å². The summed E-state index contributed by atoms with van der Waals surface area (Å²) < 4.78 is 5.97. The maximum atomic E-state index is 12.7. The Morgan fingerprint density at radius 3 is 2.55 bits per heavy atom. The van der Waals surface area contributed by atoms with E-state index in [1.807, 2.05) is 66.7 Å². The van der Waals surface area contributed by atoms with Gasteiger partial charge in [-0.25, -0.2) is 0 Å². The molecule has 1 saturated heterocycles. The molecule has 1 N–H and O–H groups in total. The molecule has 2 aromatic carbocycles. The number of nitrogens with zero attached hydrogens (tertiary/aromatic N) is 2. The van der Waals surface area contributed by atoms with Crippen LogP contribution in [-0.4, -0.2) is 23.3 Å². The molecule has 2 heterocycles. The number of hydrogen-bond donors (Lipinski definition) is 1. The predicted octanol–water partition coefficient (Wildman–Crippen LogP) is 3.54. The van der Waals surface area contributed by atoms with Gasteiger partial charge in [-0.3, -0.25) is 14.6 Å². The molecule has 1 fully saturated rings. The van der Waals surface area contributed by atoms with E-state index in [1.54, 1.807) is 17.3 Å². The average molecular weight is 387 g/mol. The van der Waals surface area contributed by atoms with Crippen LogP contribution >= 0.6 is 0 Å². The summed E-state index contributed by atoms with van der Waals surface area (Å²) in [6.07, 6.45) is 3.56. The van der Waals surface area contributed by atoms with Gasteiger partial charge in [0.2, 0.25) is 11.8 Å². The van der Waals surface area contributed by atoms with Crippen LogP contribution in [0.2, 0.25) is 0 Å². The monoisotopic (exact) mass is 387 g/mol. The summed E-state index contributed by atoms with van der Waals surface area (Å²) in [4.78, 5) is 30.8. The molecule has 0 bridgehead atoms. The van der Waals surface area contributed by atoms with Crippen LogP contribution < -0.4 is 15.0 Å². The van der Waals surface area contributed by atoms with Gasteiger partial charge in [0.15, 0.2) is 5.75 Å². The summed E-state index contributed by atoms with van der Waals surface area (Å²) in [7, 11) is 0. The van der Waals surface area contributed by atoms with Crippen molar-refractivity contribution >= 4 is 17.5 Å². The third-order valence-electron chi connectivity index (χ3n) is 4.84. The van der Waals surface area contributed by atoms with Gasteiger partial charge >= 0.3 is 0 Å². The second-order valence-corrected chi connectivity index (χ2v) is 6.86. The van der Waals surface area contributed by atoms with Crippen molar-refractivity contribution in [2.24, 2.45) is 5.92 Å². The average Bonchev–Trinajstić information content (AvgIpc) is 3.15. The molecule has 1 aromatic heterocycles. The van der Waals surface area contributed by atoms with Gasteiger partial charge in [-0.15, -0.1) is 0 Å². The van der Waals surface area contributed by atoms with Crippen molar-refractivity contribution in [3.8, 4) is 11.5 Å². The van der Waals surface area contributed by atoms with Crippen LogP contribution in [0, 0.1) is 5.92 Å². The molecule has 29 heavy (non-hydrogen) atoms. The van der Waals surface area contributed by atoms with E-state index in [9.17, 15) is 9.59 Å². The zero-order valence-corrected chi connectivity index (χ0v) is 15.8. The third-order valence-corrected chi connectivity index (χ3v) is 4.84. The summed E-state index contributed by atoms with van der Waals surface area (Å²) in [6, 6.07) is 20.5. The standard InChI is InChI=1S/C23H21N3O3/c27-22-14-18(23(28)25-15-17-10-12-24-13-11-17)16-26(22)20-8-4-5-9-21(20)29-19-6-2-1-3-7-19/h1-13,18H,14-16H2,(H,25,28). The molecule has 0 saturated carbocycles. The molecule has 4 rings (SSSR count). The van der Waals surface area contributed by atoms with Crippen LogP contribution in [0.1, 0.15) is 12.0 Å². The minimum absolute atomic E-state index is 0.0850. The fraction of sp³-hybridized carbons (Fsp3) is 0.174. The van der Waals surface area contributed by atoms with E-state index in [0.717, 1.165) is 5.56 Å². The number of carbonyl (C=O) groups is 2. The van der Waals surface area contributed by atoms with Crippen LogP contribution in [0.4, 0.5) is 5.69 Å². The van der Waals surface area contributed by atoms with E-state index < -0.39 is 5.92 Å². The maximum absolute atomic E-state index is 12.7. The van der Waals surface area contributed by atoms with Crippen LogP contribution in [0.5, 0.6) is 11.5 Å². The molecule has 1 atom stereocenters. The summed E-state index contributed by atoms with van der Waals surface area (Å²) in [5.41, 5.74) is 1.64. The lowest BCUT2D eigenvalue weighted by Crippen LogP contribution is -2.32. The Bertz CT molecular complexity index is 993. The number of rotatable bonds is 6. The molecule has 6 nitrogen and oxygen atoms in total. The summed E-state index contributed by atoms with van der Waals surface area (Å²) in [5, 5.41) is 2.91. The van der Waals surface area contributed by atoms with Crippen LogP contribution in [0.15, 0.2) is 79.1 Å². The Morgan fingerprint density at radius 1 is 1.03 bits per heavy atom. The number of carbonyl (C=O) groups excluding carboxylic acids is 2. The highest BCUT2D eigenvalue weighted by atomic mass is 16.5. The van der Waals surface area contributed by atoms with Crippen molar-refractivity contribution in [2.45, 2.75) is 13.0 Å². The third kappa shape index (κ3) is 4.43. The van der Waals surface area contributed by atoms with E-state index in [0.29, 0.717) is 30.3 Å². The molecular weight excluding hydrogens is 366 g/mol. The zero-order chi connectivity index (χ0) is 20.1. The summed E-state index contributed by atoms with van der Waals surface area (Å²) in [5.74, 6) is 0.676. The van der Waals surface area contributed by atoms with Gasteiger partial charge in [-0.1, -0.05) is 30.3 Å². The molecule has 3 aromatic rings. The van der Waals surface area contributed by atoms with Gasteiger partial charge < -0.3 is 15.0 Å². The zero-order valence-electron chi connectivity index (χ0n) is 15.8. The summed E-state index contributed by atoms with van der Waals surface area (Å²) in [6.45, 7) is 0.746. The first-order valence-corrected chi connectivity index (χ1v) is 9.49. The fourth-order valence-electron chi connectivity index (χ4n) is 3.33. The number of hydrogen-bond acceptors (Lipinski definition) is 4. The van der Waals surface area contributed by atoms with Gasteiger partial charge in [0.25, 0.3) is 0 Å². The fourth-order valence-corrected chi connectivity index (χ4v) is 3.33. The van der Waals surface area contributed by atoms with Gasteiger partial charge in [0.1, 0.15) is 5.75 Å². The molecule has 6 heteroatoms. The van der Waals surface area contributed by atoms with Crippen molar-refractivity contribution in [1.82, 2.24) is 10.3 Å². The van der Waals surface area contributed by atoms with Gasteiger partial charge in [-0.05, 0) is 42.0 Å². The topological polar surface area (TPSA) is 71.5 Å². The van der Waals surface area contributed by atoms with Gasteiger partial charge in [-0.2, -0.15) is 0 Å². The molecular formula is C23H21N3O3. The number of pyridine rings is 1. The lowest BCUT2D eigenvalue weighted by atomic mass is 10.1. The number of para-hydroxylation sites is 3. The van der Waals surface area contributed by atoms with Gasteiger partial charge in [0, 0.05) is 31.9 Å². The number of nitrogens with one attached hydrogen (secondary N) is 1. The normalized spacial score (nSPS) is 15.9. The van der Waals surface area contributed by atoms with E-state index in [-0.39, 0.29) is 18.2 Å². The first-order valence-electron chi connectivity index (χ1n) is 9.49. The quantitative estimate of drug-likeness (QED) is 0.702. The highest BCUT2D eigenvalue weighted by Crippen LogP contribution is 2.35. The van der Waals surface area contributed by atoms with Crippen molar-refractivity contribution in [3.63, 3.8) is 0 Å². The van der Waals surface area contributed by atoms with Gasteiger partial charge in [0.05, 0.1) is 11.6 Å². The minimum Gasteiger partial charge on any atom is -0.455 e. The van der Waals surface area contributed by atoms with E-state index in [2.05, 4.69) is 10.3 Å². The first-order chi connectivity index (χ1) is 14.2. The molecule has 1 aliphatic heterocycles. The van der Waals surface area contributed by atoms with Crippen molar-refractivity contribution < 1.29 is 14.3 Å². The number of aromatic nitrogens is 1. The molecule has 146 valence electrons. The second kappa shape index (κ2) is 8.56. The molecule has 0 spiro atoms. The smallest absolute Gasteiger partial charge is 0.227 e. The molecule has 2 amide bonds. The van der Waals surface area contributed by atoms with Crippen molar-refractivity contribution in [1.29, 1.82) is 0 Å². The Labute approximate surface area is 169 Å². The summed E-state index contributed by atoms with van der Waals surface area (Å²) >= 11 is 0. The van der Waals surface area contributed by atoms with Crippen molar-refractivity contribution in [3.05, 3.63) is 84.7 Å². The van der Waals surface area contributed by atoms with Crippen molar-refractivity contribution in [2.75, 3.05) is 11.4 Å². The predicted molar refractivity (Wildman–Crippen MR) is 110 cm³/mol.